The van der Waals surface area contributed by atoms with E-state index in [-0.39, 0.29) is 23.3 Å². The first-order chi connectivity index (χ1) is 15.9. The Morgan fingerprint density at radius 2 is 1.55 bits per heavy atom. The number of benzene rings is 3. The molecule has 1 fully saturated rings. The second-order valence-corrected chi connectivity index (χ2v) is 9.23. The summed E-state index contributed by atoms with van der Waals surface area (Å²) in [6, 6.07) is 25.7. The molecule has 1 saturated heterocycles. The third-order valence-corrected chi connectivity index (χ3v) is 6.89. The van der Waals surface area contributed by atoms with E-state index in [4.69, 9.17) is 4.74 Å². The van der Waals surface area contributed by atoms with E-state index in [1.54, 1.807) is 18.2 Å². The molecule has 0 amide bonds. The van der Waals surface area contributed by atoms with Gasteiger partial charge < -0.3 is 9.84 Å². The molecular formula is C26H26F3NO2S. The van der Waals surface area contributed by atoms with Crippen LogP contribution < -0.4 is 0 Å². The topological polar surface area (TPSA) is 32.7 Å². The van der Waals surface area contributed by atoms with E-state index >= 15 is 0 Å². The molecule has 2 unspecified atom stereocenters. The minimum Gasteiger partial charge on any atom is -0.395 e. The van der Waals surface area contributed by atoms with Crippen LogP contribution in [0.3, 0.4) is 0 Å². The number of aliphatic hydroxyl groups is 1. The normalized spacial score (nSPS) is 19.2. The second-order valence-electron chi connectivity index (χ2n) is 8.12. The van der Waals surface area contributed by atoms with Crippen LogP contribution in [0.25, 0.3) is 0 Å². The maximum absolute atomic E-state index is 13.4. The molecule has 3 aromatic carbocycles. The van der Waals surface area contributed by atoms with Crippen molar-refractivity contribution in [2.45, 2.75) is 28.5 Å². The van der Waals surface area contributed by atoms with E-state index in [9.17, 15) is 18.3 Å². The first-order valence-electron chi connectivity index (χ1n) is 10.8. The molecule has 4 rings (SSSR count). The Morgan fingerprint density at radius 3 is 2.21 bits per heavy atom. The molecule has 174 valence electrons. The lowest BCUT2D eigenvalue weighted by atomic mass is 9.70. The fraction of sp³-hybridized carbons (Fsp3) is 0.308. The van der Waals surface area contributed by atoms with Crippen molar-refractivity contribution in [3.63, 3.8) is 0 Å². The van der Waals surface area contributed by atoms with E-state index in [0.29, 0.717) is 31.8 Å². The predicted molar refractivity (Wildman–Crippen MR) is 124 cm³/mol. The highest BCUT2D eigenvalue weighted by molar-refractivity contribution is 8.00. The highest BCUT2D eigenvalue weighted by atomic mass is 32.2. The molecule has 33 heavy (non-hydrogen) atoms. The Balaban J connectivity index is 1.76. The second kappa shape index (κ2) is 10.3. The Hall–Kier alpha value is -2.32. The number of halogens is 3. The van der Waals surface area contributed by atoms with Gasteiger partial charge in [0.1, 0.15) is 0 Å². The van der Waals surface area contributed by atoms with Crippen LogP contribution in [-0.2, 0) is 16.7 Å². The molecule has 0 aliphatic carbocycles. The van der Waals surface area contributed by atoms with Crippen LogP contribution in [0.1, 0.15) is 16.7 Å². The number of hydrogen-bond donors (Lipinski definition) is 1. The number of alkyl halides is 3. The van der Waals surface area contributed by atoms with Crippen LogP contribution in [0, 0.1) is 0 Å². The van der Waals surface area contributed by atoms with Gasteiger partial charge in [-0.15, -0.1) is 0 Å². The van der Waals surface area contributed by atoms with Crippen molar-refractivity contribution >= 4 is 11.8 Å². The quantitative estimate of drug-likeness (QED) is 0.461. The maximum Gasteiger partial charge on any atom is 0.446 e. The van der Waals surface area contributed by atoms with Crippen molar-refractivity contribution < 1.29 is 23.0 Å². The Bertz CT molecular complexity index is 1030. The van der Waals surface area contributed by atoms with E-state index < -0.39 is 17.0 Å². The number of rotatable bonds is 7. The molecule has 2 atom stereocenters. The van der Waals surface area contributed by atoms with E-state index in [1.807, 2.05) is 48.5 Å². The van der Waals surface area contributed by atoms with Crippen LogP contribution in [0.2, 0.25) is 0 Å². The van der Waals surface area contributed by atoms with Gasteiger partial charge in [-0.05, 0) is 34.5 Å². The van der Waals surface area contributed by atoms with Gasteiger partial charge >= 0.3 is 5.51 Å². The number of ether oxygens (including phenoxy) is 1. The van der Waals surface area contributed by atoms with Gasteiger partial charge in [0.25, 0.3) is 0 Å². The molecule has 1 heterocycles. The molecule has 3 nitrogen and oxygen atoms in total. The standard InChI is InChI=1S/C26H26F3NO2S/c27-26(28,29)33-23-14-8-7-13-22(23)25(19-31,21-11-5-2-6-12-21)24-18-30(15-16-32-24)17-20-9-3-1-4-10-20/h1-14,24,31H,15-19H2. The first kappa shape index (κ1) is 23.8. The Kier molecular flexibility index (Phi) is 7.44. The largest absolute Gasteiger partial charge is 0.446 e. The average Bonchev–Trinajstić information content (AvgIpc) is 2.82. The van der Waals surface area contributed by atoms with Crippen LogP contribution in [0.15, 0.2) is 89.8 Å². The van der Waals surface area contributed by atoms with Crippen LogP contribution in [0.4, 0.5) is 13.2 Å². The zero-order chi connectivity index (χ0) is 23.3. The van der Waals surface area contributed by atoms with Gasteiger partial charge in [0, 0.05) is 24.5 Å². The van der Waals surface area contributed by atoms with Gasteiger partial charge in [-0.2, -0.15) is 13.2 Å². The van der Waals surface area contributed by atoms with Crippen LogP contribution >= 0.6 is 11.8 Å². The van der Waals surface area contributed by atoms with Crippen molar-refractivity contribution in [2.75, 3.05) is 26.3 Å². The molecule has 0 spiro atoms. The molecule has 0 bridgehead atoms. The molecule has 1 aliphatic rings. The molecular weight excluding hydrogens is 447 g/mol. The molecule has 0 radical (unpaired) electrons. The van der Waals surface area contributed by atoms with Gasteiger partial charge in [0.05, 0.1) is 24.7 Å². The van der Waals surface area contributed by atoms with Crippen molar-refractivity contribution in [1.82, 2.24) is 4.90 Å². The van der Waals surface area contributed by atoms with Crippen molar-refractivity contribution in [2.24, 2.45) is 0 Å². The summed E-state index contributed by atoms with van der Waals surface area (Å²) in [5.41, 5.74) is -3.28. The highest BCUT2D eigenvalue weighted by Crippen LogP contribution is 2.46. The fourth-order valence-electron chi connectivity index (χ4n) is 4.56. The smallest absolute Gasteiger partial charge is 0.395 e. The summed E-state index contributed by atoms with van der Waals surface area (Å²) in [5, 5.41) is 10.8. The Labute approximate surface area is 196 Å². The Morgan fingerprint density at radius 1 is 0.909 bits per heavy atom. The number of thioether (sulfide) groups is 1. The highest BCUT2D eigenvalue weighted by Gasteiger charge is 2.47. The molecule has 1 N–H and O–H groups in total. The summed E-state index contributed by atoms with van der Waals surface area (Å²) in [7, 11) is 0. The number of aliphatic hydroxyl groups excluding tert-OH is 1. The molecule has 0 saturated carbocycles. The first-order valence-corrected chi connectivity index (χ1v) is 11.6. The zero-order valence-corrected chi connectivity index (χ0v) is 18.9. The lowest BCUT2D eigenvalue weighted by Crippen LogP contribution is -2.55. The lowest BCUT2D eigenvalue weighted by Gasteiger charge is -2.45. The number of nitrogens with zero attached hydrogens (tertiary/aromatic N) is 1. The molecule has 3 aromatic rings. The zero-order valence-electron chi connectivity index (χ0n) is 18.0. The summed E-state index contributed by atoms with van der Waals surface area (Å²) in [6.45, 7) is 1.95. The van der Waals surface area contributed by atoms with Gasteiger partial charge in [-0.1, -0.05) is 78.9 Å². The predicted octanol–water partition coefficient (Wildman–Crippen LogP) is 5.48. The van der Waals surface area contributed by atoms with Gasteiger partial charge in [-0.3, -0.25) is 4.90 Å². The van der Waals surface area contributed by atoms with Crippen LogP contribution in [-0.4, -0.2) is 47.9 Å². The van der Waals surface area contributed by atoms with E-state index in [0.717, 1.165) is 11.1 Å². The SMILES string of the molecule is OCC(c1ccccc1)(c1ccccc1SC(F)(F)F)C1CN(Cc2ccccc2)CCO1. The third-order valence-electron chi connectivity index (χ3n) is 6.08. The van der Waals surface area contributed by atoms with Crippen molar-refractivity contribution in [1.29, 1.82) is 0 Å². The fourth-order valence-corrected chi connectivity index (χ4v) is 5.32. The van der Waals surface area contributed by atoms with Gasteiger partial charge in [0.2, 0.25) is 0 Å². The lowest BCUT2D eigenvalue weighted by molar-refractivity contribution is -0.0740. The maximum atomic E-state index is 13.4. The summed E-state index contributed by atoms with van der Waals surface area (Å²) < 4.78 is 46.5. The summed E-state index contributed by atoms with van der Waals surface area (Å²) in [6.07, 6.45) is -0.530. The summed E-state index contributed by atoms with van der Waals surface area (Å²) in [4.78, 5) is 2.31. The third kappa shape index (κ3) is 5.44. The summed E-state index contributed by atoms with van der Waals surface area (Å²) >= 11 is -0.149. The van der Waals surface area contributed by atoms with E-state index in [1.165, 1.54) is 6.07 Å². The van der Waals surface area contributed by atoms with Gasteiger partial charge in [-0.25, -0.2) is 0 Å². The van der Waals surface area contributed by atoms with Crippen molar-refractivity contribution in [3.05, 3.63) is 102 Å². The minimum atomic E-state index is -4.44. The monoisotopic (exact) mass is 473 g/mol. The average molecular weight is 474 g/mol. The van der Waals surface area contributed by atoms with E-state index in [2.05, 4.69) is 17.0 Å². The van der Waals surface area contributed by atoms with Gasteiger partial charge in [0.15, 0.2) is 0 Å². The molecule has 7 heteroatoms. The molecule has 1 aliphatic heterocycles. The minimum absolute atomic E-state index is 0.0756. The number of morpholine rings is 1. The number of hydrogen-bond acceptors (Lipinski definition) is 4. The van der Waals surface area contributed by atoms with Crippen molar-refractivity contribution in [3.8, 4) is 0 Å². The molecule has 0 aromatic heterocycles. The van der Waals surface area contributed by atoms with Crippen LogP contribution in [0.5, 0.6) is 0 Å². The summed E-state index contributed by atoms with van der Waals surface area (Å²) in [5.74, 6) is 0.